The number of aromatic amines is 1. The first kappa shape index (κ1) is 12.7. The van der Waals surface area contributed by atoms with Gasteiger partial charge < -0.3 is 14.9 Å². The molecule has 2 atom stereocenters. The van der Waals surface area contributed by atoms with Gasteiger partial charge in [0, 0.05) is 40.5 Å². The van der Waals surface area contributed by atoms with Crippen LogP contribution in [0.15, 0.2) is 42.6 Å². The second-order valence-corrected chi connectivity index (χ2v) is 5.09. The van der Waals surface area contributed by atoms with Crippen LogP contribution in [0.2, 0.25) is 0 Å². The number of hydrogen-bond acceptors (Lipinski definition) is 3. The maximum absolute atomic E-state index is 12.6. The molecule has 1 aliphatic rings. The van der Waals surface area contributed by atoms with Crippen molar-refractivity contribution in [3.63, 3.8) is 0 Å². The molecule has 0 bridgehead atoms. The van der Waals surface area contributed by atoms with Crippen molar-refractivity contribution in [2.24, 2.45) is 11.8 Å². The maximum Gasteiger partial charge on any atom is 0.169 e. The first-order chi connectivity index (χ1) is 9.68. The van der Waals surface area contributed by atoms with E-state index in [1.54, 1.807) is 12.3 Å². The molecule has 1 aliphatic carbocycles. The van der Waals surface area contributed by atoms with Crippen molar-refractivity contribution in [2.75, 3.05) is 0 Å². The number of aromatic nitrogens is 1. The molecule has 1 aromatic heterocycles. The Balaban J connectivity index is 1.99. The number of allylic oxidation sites excluding steroid dienone is 2. The Morgan fingerprint density at radius 2 is 1.80 bits per heavy atom. The highest BCUT2D eigenvalue weighted by molar-refractivity contribution is 6.09. The molecule has 0 saturated heterocycles. The van der Waals surface area contributed by atoms with Crippen molar-refractivity contribution in [2.45, 2.75) is 12.8 Å². The molecule has 0 spiro atoms. The lowest BCUT2D eigenvalue weighted by Crippen LogP contribution is -2.39. The van der Waals surface area contributed by atoms with E-state index in [0.717, 1.165) is 10.9 Å². The Kier molecular flexibility index (Phi) is 3.14. The number of benzene rings is 1. The van der Waals surface area contributed by atoms with E-state index in [9.17, 15) is 14.7 Å². The minimum Gasteiger partial charge on any atom is -0.550 e. The highest BCUT2D eigenvalue weighted by Crippen LogP contribution is 2.30. The minimum atomic E-state index is -1.15. The standard InChI is InChI=1S/C16H15NO3/c18-15(11-6-1-2-7-12(11)16(19)20)13-9-17-14-8-4-3-5-10(13)14/h1-5,8-9,11-12,17H,6-7H2,(H,19,20)/p-1/t11-,12-/m1/s1. The fourth-order valence-corrected chi connectivity index (χ4v) is 2.84. The number of carboxylic acids is 1. The van der Waals surface area contributed by atoms with Gasteiger partial charge in [-0.05, 0) is 18.9 Å². The largest absolute Gasteiger partial charge is 0.550 e. The second-order valence-electron chi connectivity index (χ2n) is 5.09. The number of fused-ring (bicyclic) bond motifs is 1. The number of ketones is 1. The van der Waals surface area contributed by atoms with Crippen molar-refractivity contribution in [3.05, 3.63) is 48.2 Å². The Labute approximate surface area is 116 Å². The van der Waals surface area contributed by atoms with Gasteiger partial charge in [0.05, 0.1) is 0 Å². The van der Waals surface area contributed by atoms with Gasteiger partial charge >= 0.3 is 0 Å². The maximum atomic E-state index is 12.6. The number of Topliss-reactive ketones (excluding diaryl/α,β-unsaturated/α-hetero) is 1. The van der Waals surface area contributed by atoms with Gasteiger partial charge in [0.25, 0.3) is 0 Å². The lowest BCUT2D eigenvalue weighted by molar-refractivity contribution is -0.312. The van der Waals surface area contributed by atoms with Crippen molar-refractivity contribution in [3.8, 4) is 0 Å². The molecule has 4 nitrogen and oxygen atoms in total. The molecule has 0 radical (unpaired) electrons. The van der Waals surface area contributed by atoms with Crippen LogP contribution in [-0.2, 0) is 4.79 Å². The van der Waals surface area contributed by atoms with Gasteiger partial charge in [0.15, 0.2) is 5.78 Å². The highest BCUT2D eigenvalue weighted by Gasteiger charge is 2.31. The molecule has 3 rings (SSSR count). The summed E-state index contributed by atoms with van der Waals surface area (Å²) in [5.74, 6) is -2.54. The van der Waals surface area contributed by atoms with E-state index in [1.165, 1.54) is 0 Å². The van der Waals surface area contributed by atoms with Gasteiger partial charge in [0.1, 0.15) is 0 Å². The van der Waals surface area contributed by atoms with Crippen LogP contribution < -0.4 is 5.11 Å². The molecule has 0 aliphatic heterocycles. The Hall–Kier alpha value is -2.36. The number of rotatable bonds is 3. The first-order valence-corrected chi connectivity index (χ1v) is 6.64. The van der Waals surface area contributed by atoms with E-state index in [-0.39, 0.29) is 5.78 Å². The molecule has 0 unspecified atom stereocenters. The van der Waals surface area contributed by atoms with E-state index in [1.807, 2.05) is 30.3 Å². The summed E-state index contributed by atoms with van der Waals surface area (Å²) in [6.07, 6.45) is 6.16. The monoisotopic (exact) mass is 268 g/mol. The predicted molar refractivity (Wildman–Crippen MR) is 73.0 cm³/mol. The Morgan fingerprint density at radius 1 is 1.10 bits per heavy atom. The van der Waals surface area contributed by atoms with Crippen LogP contribution in [0, 0.1) is 11.8 Å². The Morgan fingerprint density at radius 3 is 2.55 bits per heavy atom. The summed E-state index contributed by atoms with van der Waals surface area (Å²) < 4.78 is 0. The molecule has 0 saturated carbocycles. The minimum absolute atomic E-state index is 0.124. The SMILES string of the molecule is O=C([O-])[C@@H]1CC=CC[C@H]1C(=O)c1c[nH]c2ccccc12. The van der Waals surface area contributed by atoms with Crippen molar-refractivity contribution in [1.82, 2.24) is 4.98 Å². The molecule has 102 valence electrons. The molecule has 1 aromatic carbocycles. The number of carbonyl (C=O) groups excluding carboxylic acids is 2. The molecule has 1 heterocycles. The summed E-state index contributed by atoms with van der Waals surface area (Å²) >= 11 is 0. The Bertz CT molecular complexity index is 699. The molecular weight excluding hydrogens is 254 g/mol. The van der Waals surface area contributed by atoms with Crippen molar-refractivity contribution < 1.29 is 14.7 Å². The number of aliphatic carboxylic acids is 1. The van der Waals surface area contributed by atoms with E-state index in [0.29, 0.717) is 18.4 Å². The van der Waals surface area contributed by atoms with Crippen LogP contribution in [-0.4, -0.2) is 16.7 Å². The van der Waals surface area contributed by atoms with E-state index in [4.69, 9.17) is 0 Å². The average Bonchev–Trinajstić information content (AvgIpc) is 2.90. The van der Waals surface area contributed by atoms with E-state index >= 15 is 0 Å². The van der Waals surface area contributed by atoms with Gasteiger partial charge in [-0.3, -0.25) is 4.79 Å². The third kappa shape index (κ3) is 2.03. The molecule has 2 aromatic rings. The predicted octanol–water partition coefficient (Wildman–Crippen LogP) is 1.68. The molecule has 4 heteroatoms. The fourth-order valence-electron chi connectivity index (χ4n) is 2.84. The number of para-hydroxylation sites is 1. The zero-order valence-electron chi connectivity index (χ0n) is 10.8. The summed E-state index contributed by atoms with van der Waals surface area (Å²) in [6.45, 7) is 0. The van der Waals surface area contributed by atoms with Gasteiger partial charge in [-0.15, -0.1) is 0 Å². The van der Waals surface area contributed by atoms with Crippen LogP contribution >= 0.6 is 0 Å². The molecule has 0 fully saturated rings. The molecule has 0 amide bonds. The van der Waals surface area contributed by atoms with Crippen LogP contribution in [0.25, 0.3) is 10.9 Å². The van der Waals surface area contributed by atoms with E-state index < -0.39 is 17.8 Å². The third-order valence-corrected chi connectivity index (χ3v) is 3.93. The zero-order valence-corrected chi connectivity index (χ0v) is 10.8. The summed E-state index contributed by atoms with van der Waals surface area (Å²) in [7, 11) is 0. The third-order valence-electron chi connectivity index (χ3n) is 3.93. The highest BCUT2D eigenvalue weighted by atomic mass is 16.4. The molecule has 1 N–H and O–H groups in total. The lowest BCUT2D eigenvalue weighted by atomic mass is 9.78. The van der Waals surface area contributed by atoms with Crippen LogP contribution in [0.5, 0.6) is 0 Å². The van der Waals surface area contributed by atoms with Crippen molar-refractivity contribution in [1.29, 1.82) is 0 Å². The number of carbonyl (C=O) groups is 2. The molecular formula is C16H14NO3-. The summed E-state index contributed by atoms with van der Waals surface area (Å²) in [5.41, 5.74) is 1.44. The van der Waals surface area contributed by atoms with Gasteiger partial charge in [0.2, 0.25) is 0 Å². The van der Waals surface area contributed by atoms with Crippen LogP contribution in [0.4, 0.5) is 0 Å². The summed E-state index contributed by atoms with van der Waals surface area (Å²) in [5, 5.41) is 12.0. The quantitative estimate of drug-likeness (QED) is 0.680. The van der Waals surface area contributed by atoms with Gasteiger partial charge in [-0.25, -0.2) is 0 Å². The smallest absolute Gasteiger partial charge is 0.169 e. The van der Waals surface area contributed by atoms with Crippen LogP contribution in [0.1, 0.15) is 23.2 Å². The van der Waals surface area contributed by atoms with E-state index in [2.05, 4.69) is 4.98 Å². The summed E-state index contributed by atoms with van der Waals surface area (Å²) in [4.78, 5) is 26.9. The number of hydrogen-bond donors (Lipinski definition) is 1. The fraction of sp³-hybridized carbons (Fsp3) is 0.250. The second kappa shape index (κ2) is 4.96. The number of H-pyrrole nitrogens is 1. The molecule has 20 heavy (non-hydrogen) atoms. The first-order valence-electron chi connectivity index (χ1n) is 6.64. The normalized spacial score (nSPS) is 22.0. The lowest BCUT2D eigenvalue weighted by Gasteiger charge is -2.27. The number of nitrogens with one attached hydrogen (secondary N) is 1. The van der Waals surface area contributed by atoms with Crippen LogP contribution in [0.3, 0.4) is 0 Å². The topological polar surface area (TPSA) is 73.0 Å². The average molecular weight is 268 g/mol. The zero-order chi connectivity index (χ0) is 14.1. The van der Waals surface area contributed by atoms with Gasteiger partial charge in [-0.2, -0.15) is 0 Å². The van der Waals surface area contributed by atoms with Gasteiger partial charge in [-0.1, -0.05) is 30.4 Å². The summed E-state index contributed by atoms with van der Waals surface area (Å²) in [6, 6.07) is 7.51. The number of carboxylic acid groups (broad SMARTS) is 1. The van der Waals surface area contributed by atoms with Crippen molar-refractivity contribution >= 4 is 22.7 Å².